The van der Waals surface area contributed by atoms with Crippen LogP contribution in [0.2, 0.25) is 0 Å². The van der Waals surface area contributed by atoms with E-state index in [4.69, 9.17) is 5.26 Å². The van der Waals surface area contributed by atoms with Crippen molar-refractivity contribution in [3.63, 3.8) is 0 Å². The molecule has 6 nitrogen and oxygen atoms in total. The van der Waals surface area contributed by atoms with E-state index >= 15 is 0 Å². The molecule has 21 heavy (non-hydrogen) atoms. The molecule has 0 radical (unpaired) electrons. The molecule has 3 rings (SSSR count). The number of nitrogens with one attached hydrogen (secondary N) is 1. The molecular weight excluding hydrogens is 266 g/mol. The van der Waals surface area contributed by atoms with E-state index in [-0.39, 0.29) is 18.2 Å². The molecule has 0 unspecified atom stereocenters. The van der Waals surface area contributed by atoms with E-state index in [2.05, 4.69) is 22.0 Å². The number of H-pyrrole nitrogens is 1. The maximum absolute atomic E-state index is 12.4. The van der Waals surface area contributed by atoms with Gasteiger partial charge in [0.25, 0.3) is 5.82 Å². The number of hydrogen-bond acceptors (Lipinski definition) is 4. The van der Waals surface area contributed by atoms with Gasteiger partial charge < -0.3 is 4.98 Å². The molecule has 104 valence electrons. The lowest BCUT2D eigenvalue weighted by atomic mass is 10.1. The van der Waals surface area contributed by atoms with Crippen LogP contribution >= 0.6 is 0 Å². The fourth-order valence-corrected chi connectivity index (χ4v) is 2.40. The van der Waals surface area contributed by atoms with Crippen LogP contribution in [0.15, 0.2) is 30.7 Å². The van der Waals surface area contributed by atoms with E-state index in [1.54, 1.807) is 6.20 Å². The molecular formula is C15H13N5O. The first-order valence-corrected chi connectivity index (χ1v) is 6.64. The van der Waals surface area contributed by atoms with Gasteiger partial charge in [-0.05, 0) is 12.0 Å². The van der Waals surface area contributed by atoms with Crippen molar-refractivity contribution in [2.24, 2.45) is 0 Å². The number of carbonyl (C=O) groups is 1. The molecule has 1 aromatic carbocycles. The van der Waals surface area contributed by atoms with Gasteiger partial charge in [0.05, 0.1) is 0 Å². The molecule has 1 N–H and O–H groups in total. The molecule has 0 aliphatic rings. The van der Waals surface area contributed by atoms with E-state index in [1.807, 2.05) is 24.3 Å². The van der Waals surface area contributed by atoms with E-state index in [9.17, 15) is 4.79 Å². The zero-order valence-electron chi connectivity index (χ0n) is 11.5. The number of para-hydroxylation sites is 1. The smallest absolute Gasteiger partial charge is 0.252 e. The predicted molar refractivity (Wildman–Crippen MR) is 76.7 cm³/mol. The van der Waals surface area contributed by atoms with Crippen molar-refractivity contribution >= 4 is 16.7 Å². The second kappa shape index (κ2) is 5.21. The summed E-state index contributed by atoms with van der Waals surface area (Å²) in [4.78, 5) is 19.4. The Balaban J connectivity index is 1.93. The Labute approximate surface area is 121 Å². The third kappa shape index (κ3) is 2.30. The minimum absolute atomic E-state index is 0.0648. The van der Waals surface area contributed by atoms with Crippen molar-refractivity contribution in [1.82, 2.24) is 19.7 Å². The number of ketones is 1. The number of Topliss-reactive ketones (excluding diaryl/α,β-unsaturated/α-hetero) is 1. The van der Waals surface area contributed by atoms with Crippen molar-refractivity contribution < 1.29 is 4.79 Å². The topological polar surface area (TPSA) is 87.4 Å². The van der Waals surface area contributed by atoms with Gasteiger partial charge in [0, 0.05) is 22.7 Å². The number of benzene rings is 1. The first-order valence-electron chi connectivity index (χ1n) is 6.64. The zero-order chi connectivity index (χ0) is 14.8. The fourth-order valence-electron chi connectivity index (χ4n) is 2.40. The number of nitrogens with zero attached hydrogens (tertiary/aromatic N) is 4. The van der Waals surface area contributed by atoms with Gasteiger partial charge in [0.15, 0.2) is 5.78 Å². The van der Waals surface area contributed by atoms with Crippen LogP contribution in [0.3, 0.4) is 0 Å². The number of aryl methyl sites for hydroxylation is 1. The van der Waals surface area contributed by atoms with Gasteiger partial charge >= 0.3 is 0 Å². The lowest BCUT2D eigenvalue weighted by molar-refractivity contribution is 0.0969. The molecule has 2 aromatic heterocycles. The van der Waals surface area contributed by atoms with Crippen molar-refractivity contribution in [3.8, 4) is 6.07 Å². The summed E-state index contributed by atoms with van der Waals surface area (Å²) in [6.45, 7) is 2.15. The van der Waals surface area contributed by atoms with Crippen molar-refractivity contribution in [3.05, 3.63) is 47.7 Å². The Morgan fingerprint density at radius 3 is 3.05 bits per heavy atom. The van der Waals surface area contributed by atoms with Gasteiger partial charge in [-0.3, -0.25) is 4.79 Å². The molecule has 0 atom stereocenters. The summed E-state index contributed by atoms with van der Waals surface area (Å²) in [7, 11) is 0. The van der Waals surface area contributed by atoms with Crippen molar-refractivity contribution in [1.29, 1.82) is 5.26 Å². The fraction of sp³-hybridized carbons (Fsp3) is 0.200. The van der Waals surface area contributed by atoms with Crippen molar-refractivity contribution in [2.45, 2.75) is 19.9 Å². The highest BCUT2D eigenvalue weighted by Gasteiger charge is 2.14. The van der Waals surface area contributed by atoms with Gasteiger partial charge in [-0.1, -0.05) is 25.1 Å². The lowest BCUT2D eigenvalue weighted by Crippen LogP contribution is -2.10. The van der Waals surface area contributed by atoms with Crippen LogP contribution in [0.1, 0.15) is 28.7 Å². The summed E-state index contributed by atoms with van der Waals surface area (Å²) >= 11 is 0. The molecule has 0 amide bonds. The van der Waals surface area contributed by atoms with Gasteiger partial charge in [-0.15, -0.1) is 5.10 Å². The monoisotopic (exact) mass is 279 g/mol. The maximum atomic E-state index is 12.4. The summed E-state index contributed by atoms with van der Waals surface area (Å²) in [5.74, 6) is -0.00103. The van der Waals surface area contributed by atoms with Gasteiger partial charge in [-0.25, -0.2) is 9.67 Å². The van der Waals surface area contributed by atoms with Gasteiger partial charge in [0.2, 0.25) is 0 Å². The van der Waals surface area contributed by atoms with Gasteiger partial charge in [0.1, 0.15) is 18.9 Å². The highest BCUT2D eigenvalue weighted by atomic mass is 16.1. The highest BCUT2D eigenvalue weighted by molar-refractivity contribution is 6.08. The number of hydrogen-bond donors (Lipinski definition) is 1. The summed E-state index contributed by atoms with van der Waals surface area (Å²) in [6, 6.07) is 7.77. The molecule has 6 heteroatoms. The molecule has 3 aromatic rings. The summed E-state index contributed by atoms with van der Waals surface area (Å²) in [5, 5.41) is 13.5. The van der Waals surface area contributed by atoms with Crippen LogP contribution in [-0.2, 0) is 13.0 Å². The Bertz CT molecular complexity index is 852. The summed E-state index contributed by atoms with van der Waals surface area (Å²) in [5.41, 5.74) is 2.81. The second-order valence-corrected chi connectivity index (χ2v) is 4.70. The van der Waals surface area contributed by atoms with E-state index in [0.29, 0.717) is 5.56 Å². The molecule has 0 bridgehead atoms. The number of nitriles is 1. The molecule has 0 aliphatic carbocycles. The molecule has 0 saturated heterocycles. The normalized spacial score (nSPS) is 10.7. The number of rotatable bonds is 4. The lowest BCUT2D eigenvalue weighted by Gasteiger charge is -2.01. The highest BCUT2D eigenvalue weighted by Crippen LogP contribution is 2.22. The first kappa shape index (κ1) is 13.1. The molecule has 2 heterocycles. The Kier molecular flexibility index (Phi) is 3.24. The third-order valence-corrected chi connectivity index (χ3v) is 3.43. The average molecular weight is 279 g/mol. The van der Waals surface area contributed by atoms with Crippen molar-refractivity contribution in [2.75, 3.05) is 0 Å². The first-order chi connectivity index (χ1) is 10.2. The summed E-state index contributed by atoms with van der Waals surface area (Å²) < 4.78 is 1.38. The van der Waals surface area contributed by atoms with Crippen LogP contribution < -0.4 is 0 Å². The molecule has 0 spiro atoms. The number of carbonyl (C=O) groups excluding carboxylic acids is 1. The van der Waals surface area contributed by atoms with E-state index in [0.717, 1.165) is 17.3 Å². The van der Waals surface area contributed by atoms with Crippen LogP contribution in [0.5, 0.6) is 0 Å². The Morgan fingerprint density at radius 2 is 2.33 bits per heavy atom. The molecule has 0 saturated carbocycles. The second-order valence-electron chi connectivity index (χ2n) is 4.70. The summed E-state index contributed by atoms with van der Waals surface area (Å²) in [6.07, 6.45) is 4.02. The van der Waals surface area contributed by atoms with Crippen LogP contribution in [-0.4, -0.2) is 25.5 Å². The standard InChI is InChI=1S/C15H13N5O/c1-2-10-4-3-5-11-12(7-17-15(10)11)13(21)8-20-9-18-14(6-16)19-20/h3-5,7,9,17H,2,8H2,1H3. The maximum Gasteiger partial charge on any atom is 0.252 e. The predicted octanol–water partition coefficient (Wildman–Crippen LogP) is 2.08. The number of aromatic amines is 1. The molecule has 0 fully saturated rings. The SMILES string of the molecule is CCc1cccc2c(C(=O)Cn3cnc(C#N)n3)c[nH]c12. The quantitative estimate of drug-likeness (QED) is 0.740. The van der Waals surface area contributed by atoms with Crippen LogP contribution in [0.25, 0.3) is 10.9 Å². The zero-order valence-corrected chi connectivity index (χ0v) is 11.5. The third-order valence-electron chi connectivity index (χ3n) is 3.43. The Morgan fingerprint density at radius 1 is 1.48 bits per heavy atom. The Hall–Kier alpha value is -2.94. The van der Waals surface area contributed by atoms with E-state index in [1.165, 1.54) is 16.6 Å². The minimum atomic E-state index is -0.0658. The minimum Gasteiger partial charge on any atom is -0.360 e. The number of fused-ring (bicyclic) bond motifs is 1. The largest absolute Gasteiger partial charge is 0.360 e. The number of aromatic nitrogens is 4. The van der Waals surface area contributed by atoms with Crippen LogP contribution in [0, 0.1) is 11.3 Å². The van der Waals surface area contributed by atoms with Crippen LogP contribution in [0.4, 0.5) is 0 Å². The average Bonchev–Trinajstić information content (AvgIpc) is 3.12. The molecule has 0 aliphatic heterocycles. The van der Waals surface area contributed by atoms with Gasteiger partial charge in [-0.2, -0.15) is 5.26 Å². The van der Waals surface area contributed by atoms with E-state index < -0.39 is 0 Å².